The van der Waals surface area contributed by atoms with Gasteiger partial charge in [-0.3, -0.25) is 0 Å². The topological polar surface area (TPSA) is 64.6 Å². The van der Waals surface area contributed by atoms with Gasteiger partial charge in [-0.2, -0.15) is 0 Å². The van der Waals surface area contributed by atoms with E-state index in [4.69, 9.17) is 9.47 Å². The van der Waals surface area contributed by atoms with Crippen LogP contribution in [0.2, 0.25) is 0 Å². The number of amides is 1. The summed E-state index contributed by atoms with van der Waals surface area (Å²) in [7, 11) is 0. The highest BCUT2D eigenvalue weighted by molar-refractivity contribution is 5.89. The number of carbonyl (C=O) groups is 2. The lowest BCUT2D eigenvalue weighted by Crippen LogP contribution is -2.38. The number of benzene rings is 2. The number of nitrogens with one attached hydrogen (secondary N) is 1. The highest BCUT2D eigenvalue weighted by Gasteiger charge is 2.18. The molecule has 0 heterocycles. The Hall–Kier alpha value is -2.82. The number of esters is 1. The first-order valence-corrected chi connectivity index (χ1v) is 9.02. The summed E-state index contributed by atoms with van der Waals surface area (Å²) < 4.78 is 10.6. The summed E-state index contributed by atoms with van der Waals surface area (Å²) in [5.41, 5.74) is 1.84. The van der Waals surface area contributed by atoms with Crippen LogP contribution in [-0.2, 0) is 22.5 Å². The Morgan fingerprint density at radius 3 is 2.33 bits per heavy atom. The molecule has 5 heteroatoms. The zero-order valence-corrected chi connectivity index (χ0v) is 16.3. The first kappa shape index (κ1) is 20.5. The maximum absolute atomic E-state index is 12.3. The van der Waals surface area contributed by atoms with Gasteiger partial charge in [-0.05, 0) is 57.4 Å². The first-order chi connectivity index (χ1) is 12.7. The van der Waals surface area contributed by atoms with Gasteiger partial charge >= 0.3 is 12.1 Å². The van der Waals surface area contributed by atoms with Crippen molar-refractivity contribution in [3.8, 4) is 0 Å². The van der Waals surface area contributed by atoms with E-state index in [9.17, 15) is 9.59 Å². The number of alkyl carbamates (subject to hydrolysis) is 1. The molecule has 27 heavy (non-hydrogen) atoms. The summed E-state index contributed by atoms with van der Waals surface area (Å²) in [5.74, 6) is -0.367. The molecule has 0 aliphatic carbocycles. The molecule has 0 spiro atoms. The Labute approximate surface area is 160 Å². The molecule has 0 saturated heterocycles. The lowest BCUT2D eigenvalue weighted by molar-refractivity contribution is 0.0469. The van der Waals surface area contributed by atoms with E-state index in [-0.39, 0.29) is 18.6 Å². The monoisotopic (exact) mass is 369 g/mol. The van der Waals surface area contributed by atoms with Crippen LogP contribution in [0, 0.1) is 0 Å². The van der Waals surface area contributed by atoms with Gasteiger partial charge in [0.15, 0.2) is 0 Å². The lowest BCUT2D eigenvalue weighted by atomic mass is 10.0. The maximum atomic E-state index is 12.3. The third-order valence-electron chi connectivity index (χ3n) is 3.68. The normalized spacial score (nSPS) is 12.1. The van der Waals surface area contributed by atoms with E-state index < -0.39 is 11.7 Å². The molecule has 0 bridgehead atoms. The predicted molar refractivity (Wildman–Crippen MR) is 105 cm³/mol. The second-order valence-electron chi connectivity index (χ2n) is 7.51. The quantitative estimate of drug-likeness (QED) is 0.762. The highest BCUT2D eigenvalue weighted by Crippen LogP contribution is 2.12. The molecule has 1 amide bonds. The largest absolute Gasteiger partial charge is 0.457 e. The molecule has 0 aromatic heterocycles. The van der Waals surface area contributed by atoms with E-state index in [2.05, 4.69) is 5.32 Å². The molecule has 1 N–H and O–H groups in total. The first-order valence-electron chi connectivity index (χ1n) is 9.02. The third kappa shape index (κ3) is 7.52. The van der Waals surface area contributed by atoms with Crippen LogP contribution in [0.15, 0.2) is 54.6 Å². The molecular formula is C22H27NO4. The number of ether oxygens (including phenoxy) is 2. The van der Waals surface area contributed by atoms with Crippen molar-refractivity contribution in [2.75, 3.05) is 0 Å². The van der Waals surface area contributed by atoms with E-state index in [1.807, 2.05) is 70.2 Å². The number of carbonyl (C=O) groups excluding carboxylic acids is 2. The molecule has 2 aromatic carbocycles. The molecule has 144 valence electrons. The summed E-state index contributed by atoms with van der Waals surface area (Å²) in [4.78, 5) is 24.1. The second kappa shape index (κ2) is 9.21. The standard InChI is InChI=1S/C22H27NO4/c1-16(23-21(25)27-22(2,3)4)13-18-11-8-12-19(14-18)20(24)26-15-17-9-6-5-7-10-17/h5-12,14,16H,13,15H2,1-4H3,(H,23,25)/t16-/m1/s1. The number of rotatable bonds is 6. The van der Waals surface area contributed by atoms with Crippen molar-refractivity contribution in [1.29, 1.82) is 0 Å². The van der Waals surface area contributed by atoms with Crippen molar-refractivity contribution in [3.05, 3.63) is 71.3 Å². The number of hydrogen-bond acceptors (Lipinski definition) is 4. The molecule has 0 saturated carbocycles. The zero-order valence-electron chi connectivity index (χ0n) is 16.3. The molecule has 0 aliphatic heterocycles. The van der Waals surface area contributed by atoms with Crippen molar-refractivity contribution in [2.45, 2.75) is 52.4 Å². The van der Waals surface area contributed by atoms with Gasteiger partial charge in [0.25, 0.3) is 0 Å². The summed E-state index contributed by atoms with van der Waals surface area (Å²) >= 11 is 0. The number of hydrogen-bond donors (Lipinski definition) is 1. The predicted octanol–water partition coefficient (Wildman–Crippen LogP) is 4.50. The van der Waals surface area contributed by atoms with Gasteiger partial charge in [0.1, 0.15) is 12.2 Å². The molecule has 2 aromatic rings. The minimum absolute atomic E-state index is 0.129. The summed E-state index contributed by atoms with van der Waals surface area (Å²) in [6, 6.07) is 16.7. The second-order valence-corrected chi connectivity index (χ2v) is 7.51. The molecule has 0 aliphatic rings. The van der Waals surface area contributed by atoms with E-state index in [1.54, 1.807) is 12.1 Å². The van der Waals surface area contributed by atoms with Crippen LogP contribution in [0.3, 0.4) is 0 Å². The van der Waals surface area contributed by atoms with Crippen molar-refractivity contribution in [3.63, 3.8) is 0 Å². The molecule has 5 nitrogen and oxygen atoms in total. The Kier molecular flexibility index (Phi) is 6.99. The van der Waals surface area contributed by atoms with Crippen LogP contribution < -0.4 is 5.32 Å². The zero-order chi connectivity index (χ0) is 19.9. The van der Waals surface area contributed by atoms with E-state index in [0.717, 1.165) is 11.1 Å². The van der Waals surface area contributed by atoms with Gasteiger partial charge in [0.05, 0.1) is 5.56 Å². The average Bonchev–Trinajstić information content (AvgIpc) is 2.59. The molecule has 0 fully saturated rings. The average molecular weight is 369 g/mol. The van der Waals surface area contributed by atoms with Crippen LogP contribution >= 0.6 is 0 Å². The molecule has 0 radical (unpaired) electrons. The molecule has 0 unspecified atom stereocenters. The van der Waals surface area contributed by atoms with Gasteiger partial charge in [0.2, 0.25) is 0 Å². The van der Waals surface area contributed by atoms with Crippen molar-refractivity contribution in [1.82, 2.24) is 5.32 Å². The summed E-state index contributed by atoms with van der Waals surface area (Å²) in [5, 5.41) is 2.80. The van der Waals surface area contributed by atoms with Crippen molar-refractivity contribution >= 4 is 12.1 Å². The molecule has 2 rings (SSSR count). The van der Waals surface area contributed by atoms with E-state index in [0.29, 0.717) is 12.0 Å². The van der Waals surface area contributed by atoms with Crippen LogP contribution in [0.25, 0.3) is 0 Å². The summed E-state index contributed by atoms with van der Waals surface area (Å²) in [6.45, 7) is 7.59. The van der Waals surface area contributed by atoms with Gasteiger partial charge in [0, 0.05) is 6.04 Å². The minimum atomic E-state index is -0.535. The van der Waals surface area contributed by atoms with Gasteiger partial charge in [-0.15, -0.1) is 0 Å². The molecule has 1 atom stereocenters. The lowest BCUT2D eigenvalue weighted by Gasteiger charge is -2.22. The Balaban J connectivity index is 1.90. The van der Waals surface area contributed by atoms with E-state index in [1.165, 1.54) is 0 Å². The maximum Gasteiger partial charge on any atom is 0.407 e. The Bertz CT molecular complexity index is 765. The van der Waals surface area contributed by atoms with E-state index >= 15 is 0 Å². The smallest absolute Gasteiger partial charge is 0.407 e. The van der Waals surface area contributed by atoms with Gasteiger partial charge in [-0.25, -0.2) is 9.59 Å². The summed E-state index contributed by atoms with van der Waals surface area (Å²) in [6.07, 6.45) is 0.132. The fourth-order valence-corrected chi connectivity index (χ4v) is 2.55. The van der Waals surface area contributed by atoms with Crippen LogP contribution in [0.4, 0.5) is 4.79 Å². The third-order valence-corrected chi connectivity index (χ3v) is 3.68. The Morgan fingerprint density at radius 2 is 1.67 bits per heavy atom. The van der Waals surface area contributed by atoms with Crippen LogP contribution in [0.1, 0.15) is 49.2 Å². The SMILES string of the molecule is C[C@H](Cc1cccc(C(=O)OCc2ccccc2)c1)NC(=O)OC(C)(C)C. The van der Waals surface area contributed by atoms with Crippen LogP contribution in [-0.4, -0.2) is 23.7 Å². The minimum Gasteiger partial charge on any atom is -0.457 e. The molecular weight excluding hydrogens is 342 g/mol. The Morgan fingerprint density at radius 1 is 1.00 bits per heavy atom. The van der Waals surface area contributed by atoms with Crippen molar-refractivity contribution in [2.24, 2.45) is 0 Å². The van der Waals surface area contributed by atoms with Gasteiger partial charge < -0.3 is 14.8 Å². The highest BCUT2D eigenvalue weighted by atomic mass is 16.6. The van der Waals surface area contributed by atoms with Crippen molar-refractivity contribution < 1.29 is 19.1 Å². The van der Waals surface area contributed by atoms with Crippen LogP contribution in [0.5, 0.6) is 0 Å². The van der Waals surface area contributed by atoms with Gasteiger partial charge in [-0.1, -0.05) is 42.5 Å². The fourth-order valence-electron chi connectivity index (χ4n) is 2.55. The fraction of sp³-hybridized carbons (Fsp3) is 0.364.